The van der Waals surface area contributed by atoms with Crippen LogP contribution in [-0.2, 0) is 45.3 Å². The maximum Gasteiger partial charge on any atom is 0.416 e. The number of benzene rings is 6. The topological polar surface area (TPSA) is 336 Å². The molecule has 5 atom stereocenters. The molecular formula is C102H120F4N22O8S2. The predicted octanol–water partition coefficient (Wildman–Crippen LogP) is 14.3. The number of thiazole rings is 1. The summed E-state index contributed by atoms with van der Waals surface area (Å²) in [5, 5.41) is 33.0. The number of pyridine rings is 3. The van der Waals surface area contributed by atoms with Gasteiger partial charge < -0.3 is 67.0 Å². The van der Waals surface area contributed by atoms with Crippen LogP contribution in [0.2, 0.25) is 0 Å². The molecule has 7 aliphatic rings. The summed E-state index contributed by atoms with van der Waals surface area (Å²) in [5.41, 5.74) is 9.97. The third-order valence-corrected chi connectivity index (χ3v) is 29.1. The lowest BCUT2D eigenvalue weighted by Crippen LogP contribution is -2.39. The van der Waals surface area contributed by atoms with Crippen LogP contribution in [0.15, 0.2) is 185 Å². The lowest BCUT2D eigenvalue weighted by atomic mass is 9.84. The van der Waals surface area contributed by atoms with Crippen LogP contribution in [0.4, 0.5) is 58.2 Å². The van der Waals surface area contributed by atoms with Gasteiger partial charge in [0.05, 0.1) is 66.1 Å². The molecule has 20 rings (SSSR count). The van der Waals surface area contributed by atoms with Gasteiger partial charge in [-0.05, 0) is 236 Å². The third kappa shape index (κ3) is 23.5. The van der Waals surface area contributed by atoms with E-state index in [9.17, 15) is 36.0 Å². The van der Waals surface area contributed by atoms with Crippen molar-refractivity contribution >= 4 is 95.1 Å². The highest BCUT2D eigenvalue weighted by atomic mass is 32.2. The number of halogens is 4. The van der Waals surface area contributed by atoms with Gasteiger partial charge in [0, 0.05) is 171 Å². The summed E-state index contributed by atoms with van der Waals surface area (Å²) in [6, 6.07) is 45.9. The molecule has 0 bridgehead atoms. The highest BCUT2D eigenvalue weighted by molar-refractivity contribution is 7.88. The van der Waals surface area contributed by atoms with Crippen LogP contribution in [0.3, 0.4) is 0 Å². The first-order valence-electron chi connectivity index (χ1n) is 47.2. The number of morpholine rings is 2. The lowest BCUT2D eigenvalue weighted by Gasteiger charge is -2.27. The van der Waals surface area contributed by atoms with Crippen LogP contribution in [-0.4, -0.2) is 228 Å². The molecule has 5 unspecified atom stereocenters. The van der Waals surface area contributed by atoms with Gasteiger partial charge in [-0.15, -0.1) is 11.3 Å². The summed E-state index contributed by atoms with van der Waals surface area (Å²) in [7, 11) is 0.154. The molecule has 0 spiro atoms. The van der Waals surface area contributed by atoms with Crippen LogP contribution < -0.4 is 69.3 Å². The number of sulfonamides is 1. The Kier molecular flexibility index (Phi) is 31.2. The second kappa shape index (κ2) is 44.1. The van der Waals surface area contributed by atoms with E-state index in [0.717, 1.165) is 215 Å². The summed E-state index contributed by atoms with van der Waals surface area (Å²) >= 11 is 1.63. The largest absolute Gasteiger partial charge is 0.489 e. The summed E-state index contributed by atoms with van der Waals surface area (Å²) < 4.78 is 106. The standard InChI is InChI=1S/C37H37F3N6O2.C34H41FN8O2.C30H38N8O4S2.CH4/c1-23-6-11-29(30(18-23)24-12-14-41-15-13-24)31-19-27-20-43-36(44-28-9-7-25(8-10-28)33-21-42-16-17-48-33)45-34(27)46(35(31)47)22-26-4-2-3-5-32(26)37(38,39)40;1-41-11-9-24(22-41)23-2-7-29(31(35)19-23)30-18-25-20-37-34(39-27-5-3-26(4-6-27)38-28-8-10-36-21-28)40-32(25)43(33(30)44)13-12-42-14-16-45-17-15-42;1-19-26(35-28(43-19)20-5-4-11-31-16-20)25-15-21-17-33-30(34-22-6-8-23(9-7-22)42-24-10-12-32-18-24)36-27(21)38(29(25)39)14-13-37(2)44(3,40)41;/h2-11,18-20,24,33,41-42H,12-17,21-22H2,1H3,(H,43,44,45);2-7,18-20,24,28,36,38H,8-17,21-22H2,1H3,(H,37,39,40);6-9,15,17,20,24,31-32H,4-5,10-14,16,18H2,1-3H3,(H,33,34,36);1H4. The monoisotopic (exact) mass is 1920 g/mol. The maximum atomic E-state index is 15.7. The van der Waals surface area contributed by atoms with Crippen molar-refractivity contribution < 1.29 is 40.2 Å². The molecule has 0 aliphatic carbocycles. The van der Waals surface area contributed by atoms with Crippen molar-refractivity contribution in [2.75, 3.05) is 166 Å². The van der Waals surface area contributed by atoms with E-state index >= 15 is 4.39 Å². The zero-order valence-electron chi connectivity index (χ0n) is 77.5. The van der Waals surface area contributed by atoms with Crippen LogP contribution in [0.1, 0.15) is 119 Å². The molecule has 0 radical (unpaired) electrons. The zero-order chi connectivity index (χ0) is 94.9. The maximum absolute atomic E-state index is 15.7. The number of piperidine rings is 2. The van der Waals surface area contributed by atoms with Gasteiger partial charge in [0.2, 0.25) is 27.9 Å². The molecule has 6 aromatic carbocycles. The number of rotatable bonds is 26. The molecule has 7 aromatic heterocycles. The molecule has 0 amide bonds. The lowest BCUT2D eigenvalue weighted by molar-refractivity contribution is -0.138. The minimum atomic E-state index is -4.58. The van der Waals surface area contributed by atoms with Gasteiger partial charge in [0.15, 0.2) is 0 Å². The van der Waals surface area contributed by atoms with E-state index in [-0.39, 0.29) is 79.3 Å². The number of aryl methyl sites for hydroxylation is 2. The van der Waals surface area contributed by atoms with E-state index in [1.807, 2.05) is 105 Å². The number of hydrogen-bond acceptors (Lipinski definition) is 27. The van der Waals surface area contributed by atoms with E-state index in [0.29, 0.717) is 118 Å². The van der Waals surface area contributed by atoms with E-state index in [4.69, 9.17) is 34.1 Å². The number of ether oxygens (including phenoxy) is 3. The van der Waals surface area contributed by atoms with Crippen LogP contribution >= 0.6 is 11.3 Å². The van der Waals surface area contributed by atoms with Gasteiger partial charge in [-0.3, -0.25) is 33.0 Å². The second-order valence-corrected chi connectivity index (χ2v) is 39.7. The Hall–Kier alpha value is -11.9. The van der Waals surface area contributed by atoms with Crippen molar-refractivity contribution in [1.82, 2.24) is 89.3 Å². The van der Waals surface area contributed by atoms with Gasteiger partial charge >= 0.3 is 6.18 Å². The molecule has 7 aliphatic heterocycles. The summed E-state index contributed by atoms with van der Waals surface area (Å²) in [4.78, 5) is 81.0. The van der Waals surface area contributed by atoms with Crippen molar-refractivity contribution in [3.63, 3.8) is 0 Å². The summed E-state index contributed by atoms with van der Waals surface area (Å²) in [5.74, 6) is 2.24. The Balaban J connectivity index is 0.000000143. The van der Waals surface area contributed by atoms with E-state index < -0.39 is 27.3 Å². The fourth-order valence-electron chi connectivity index (χ4n) is 19.0. The van der Waals surface area contributed by atoms with Gasteiger partial charge in [-0.2, -0.15) is 28.1 Å². The Morgan fingerprint density at radius 2 is 1.13 bits per heavy atom. The minimum absolute atomic E-state index is 0. The average Bonchev–Trinajstić information content (AvgIpc) is 0.930. The normalized spacial score (nSPS) is 19.0. The van der Waals surface area contributed by atoms with Crippen molar-refractivity contribution in [2.45, 2.75) is 128 Å². The molecule has 7 fully saturated rings. The Bertz CT molecular complexity index is 6760. The van der Waals surface area contributed by atoms with E-state index in [2.05, 4.69) is 85.7 Å². The molecule has 30 nitrogen and oxygen atoms in total. The highest BCUT2D eigenvalue weighted by Crippen LogP contribution is 2.40. The predicted molar refractivity (Wildman–Crippen MR) is 537 cm³/mol. The summed E-state index contributed by atoms with van der Waals surface area (Å²) in [6.07, 6.45) is 8.84. The first-order valence-corrected chi connectivity index (χ1v) is 49.9. The summed E-state index contributed by atoms with van der Waals surface area (Å²) in [6.45, 7) is 19.6. The average molecular weight is 1920 g/mol. The van der Waals surface area contributed by atoms with Crippen molar-refractivity contribution in [1.29, 1.82) is 0 Å². The van der Waals surface area contributed by atoms with Crippen LogP contribution in [0, 0.1) is 19.7 Å². The number of anilines is 7. The van der Waals surface area contributed by atoms with Gasteiger partial charge in [0.1, 0.15) is 34.6 Å². The third-order valence-electron chi connectivity index (χ3n) is 26.7. The van der Waals surface area contributed by atoms with Crippen molar-refractivity contribution in [3.05, 3.63) is 250 Å². The fourth-order valence-corrected chi connectivity index (χ4v) is 20.5. The zero-order valence-corrected chi connectivity index (χ0v) is 79.2. The molecule has 13 aromatic rings. The Morgan fingerprint density at radius 3 is 1.74 bits per heavy atom. The molecule has 36 heteroatoms. The SMILES string of the molecule is C.CN1CCC(c2ccc(-c3cc4cnc(Nc5ccc(NC6CCNC6)cc5)nc4n(CCN4CCOCC4)c3=O)c(F)c2)C1.Cc1ccc(-c2cc3cnc(Nc4ccc(C5CNCCO5)cc4)nc3n(Cc3ccccc3C(F)(F)F)c2=O)c(C2CCNCC2)c1.Cc1sc(C2CCCNC2)nc1-c1cc2cnc(Nc3ccc(OC4CCNC4)cc3)nc2n(CCN(C)S(C)(=O)=O)c1=O. The molecule has 14 heterocycles. The molecule has 7 saturated heterocycles. The fraction of sp³-hybridized carbons (Fsp3) is 0.412. The first kappa shape index (κ1) is 97.7. The van der Waals surface area contributed by atoms with E-state index in [1.54, 1.807) is 70.9 Å². The minimum Gasteiger partial charge on any atom is -0.489 e. The van der Waals surface area contributed by atoms with Gasteiger partial charge in [0.25, 0.3) is 16.7 Å². The molecule has 138 heavy (non-hydrogen) atoms. The molecule has 9 N–H and O–H groups in total. The number of alkyl halides is 3. The number of fused-ring (bicyclic) bond motifs is 3. The molecular weight excluding hydrogens is 1800 g/mol. The number of nitrogens with zero attached hydrogens (tertiary/aromatic N) is 13. The van der Waals surface area contributed by atoms with Crippen LogP contribution in [0.5, 0.6) is 5.75 Å². The first-order chi connectivity index (χ1) is 66.4. The van der Waals surface area contributed by atoms with Crippen LogP contribution in [0.25, 0.3) is 66.6 Å². The quantitative estimate of drug-likeness (QED) is 0.0227. The van der Waals surface area contributed by atoms with Crippen molar-refractivity contribution in [2.24, 2.45) is 0 Å². The number of likely N-dealkylation sites (N-methyl/N-ethyl adjacent to an activating group) is 2. The smallest absolute Gasteiger partial charge is 0.416 e. The number of nitrogens with one attached hydrogen (secondary N) is 9. The Morgan fingerprint density at radius 1 is 0.551 bits per heavy atom. The number of likely N-dealkylation sites (tertiary alicyclic amines) is 1. The molecule has 726 valence electrons. The highest BCUT2D eigenvalue weighted by Gasteiger charge is 2.35. The van der Waals surface area contributed by atoms with Gasteiger partial charge in [-0.1, -0.05) is 73.7 Å². The van der Waals surface area contributed by atoms with Gasteiger partial charge in [-0.25, -0.2) is 37.0 Å². The Labute approximate surface area is 803 Å². The molecule has 0 saturated carbocycles. The number of aromatic nitrogens is 10. The van der Waals surface area contributed by atoms with Crippen molar-refractivity contribution in [3.8, 4) is 39.3 Å². The number of hydrogen-bond donors (Lipinski definition) is 9. The second-order valence-electron chi connectivity index (χ2n) is 36.4. The van der Waals surface area contributed by atoms with E-state index in [1.165, 1.54) is 32.6 Å².